The number of esters is 1. The third-order valence-corrected chi connectivity index (χ3v) is 3.47. The largest absolute Gasteiger partial charge is 0.465 e. The molecule has 0 saturated carbocycles. The van der Waals surface area contributed by atoms with Crippen LogP contribution in [0.3, 0.4) is 0 Å². The van der Waals surface area contributed by atoms with Crippen LogP contribution in [0.2, 0.25) is 0 Å². The number of hydrogen-bond acceptors (Lipinski definition) is 4. The first-order valence-corrected chi connectivity index (χ1v) is 6.95. The summed E-state index contributed by atoms with van der Waals surface area (Å²) in [5.41, 5.74) is 1.97. The van der Waals surface area contributed by atoms with Crippen LogP contribution in [0.15, 0.2) is 18.2 Å². The first kappa shape index (κ1) is 14.8. The maximum absolute atomic E-state index is 11.6. The summed E-state index contributed by atoms with van der Waals surface area (Å²) < 4.78 is 6.57. The molecule has 0 fully saturated rings. The fourth-order valence-corrected chi connectivity index (χ4v) is 2.27. The van der Waals surface area contributed by atoms with Crippen molar-refractivity contribution >= 4 is 28.6 Å². The van der Waals surface area contributed by atoms with Gasteiger partial charge in [0, 0.05) is 0 Å². The predicted molar refractivity (Wildman–Crippen MR) is 76.9 cm³/mol. The number of methoxy groups -OCH3 is 1. The summed E-state index contributed by atoms with van der Waals surface area (Å²) in [4.78, 5) is 16.0. The second kappa shape index (κ2) is 6.24. The highest BCUT2D eigenvalue weighted by atomic mass is 35.5. The molecule has 0 aliphatic heterocycles. The molecule has 0 aliphatic rings. The molecule has 2 rings (SSSR count). The Bertz CT molecular complexity index is 624. The molecule has 0 bridgehead atoms. The molecule has 108 valence electrons. The lowest BCUT2D eigenvalue weighted by atomic mass is 10.2. The van der Waals surface area contributed by atoms with E-state index in [1.807, 2.05) is 11.5 Å². The Labute approximate surface area is 122 Å². The van der Waals surface area contributed by atoms with E-state index in [1.54, 1.807) is 18.2 Å². The van der Waals surface area contributed by atoms with Gasteiger partial charge >= 0.3 is 5.97 Å². The lowest BCUT2D eigenvalue weighted by Crippen LogP contribution is -2.16. The number of carbonyl (C=O) groups excluding carboxylic acids is 1. The summed E-state index contributed by atoms with van der Waals surface area (Å²) in [6.07, 6.45) is 0.161. The number of alkyl halides is 1. The Morgan fingerprint density at radius 3 is 2.90 bits per heavy atom. The lowest BCUT2D eigenvalue weighted by Gasteiger charge is -2.12. The third kappa shape index (κ3) is 2.78. The van der Waals surface area contributed by atoms with E-state index in [1.165, 1.54) is 7.11 Å². The molecule has 1 aromatic heterocycles. The number of aliphatic hydroxyl groups excluding tert-OH is 1. The van der Waals surface area contributed by atoms with Crippen molar-refractivity contribution < 1.29 is 14.6 Å². The van der Waals surface area contributed by atoms with E-state index in [0.717, 1.165) is 11.0 Å². The second-order valence-corrected chi connectivity index (χ2v) is 4.80. The Kier molecular flexibility index (Phi) is 4.62. The van der Waals surface area contributed by atoms with Crippen molar-refractivity contribution in [2.75, 3.05) is 7.11 Å². The van der Waals surface area contributed by atoms with Crippen molar-refractivity contribution in [3.8, 4) is 0 Å². The Balaban J connectivity index is 2.53. The van der Waals surface area contributed by atoms with E-state index in [4.69, 9.17) is 16.3 Å². The molecule has 0 radical (unpaired) electrons. The monoisotopic (exact) mass is 296 g/mol. The van der Waals surface area contributed by atoms with Crippen molar-refractivity contribution in [3.63, 3.8) is 0 Å². The van der Waals surface area contributed by atoms with Gasteiger partial charge in [0.1, 0.15) is 5.82 Å². The number of ether oxygens (including phenoxy) is 1. The molecular formula is C14H17ClN2O3. The van der Waals surface area contributed by atoms with E-state index >= 15 is 0 Å². The van der Waals surface area contributed by atoms with Gasteiger partial charge in [-0.1, -0.05) is 6.92 Å². The molecule has 1 heterocycles. The van der Waals surface area contributed by atoms with Crippen molar-refractivity contribution in [3.05, 3.63) is 29.6 Å². The van der Waals surface area contributed by atoms with Crippen LogP contribution < -0.4 is 0 Å². The highest BCUT2D eigenvalue weighted by Crippen LogP contribution is 2.20. The van der Waals surface area contributed by atoms with E-state index in [-0.39, 0.29) is 5.88 Å². The number of hydrogen-bond donors (Lipinski definition) is 1. The molecule has 0 amide bonds. The van der Waals surface area contributed by atoms with Gasteiger partial charge in [0.25, 0.3) is 0 Å². The SMILES string of the molecule is CC[C@H](O)Cn1c(CCl)nc2ccc(C(=O)OC)cc21. The summed E-state index contributed by atoms with van der Waals surface area (Å²) in [5.74, 6) is 0.526. The maximum Gasteiger partial charge on any atom is 0.337 e. The molecule has 20 heavy (non-hydrogen) atoms. The molecule has 1 N–H and O–H groups in total. The average molecular weight is 297 g/mol. The Hall–Kier alpha value is -1.59. The second-order valence-electron chi connectivity index (χ2n) is 4.53. The fraction of sp³-hybridized carbons (Fsp3) is 0.429. The first-order valence-electron chi connectivity index (χ1n) is 6.42. The summed E-state index contributed by atoms with van der Waals surface area (Å²) >= 11 is 5.90. The molecule has 1 atom stereocenters. The van der Waals surface area contributed by atoms with E-state index in [0.29, 0.717) is 24.4 Å². The Morgan fingerprint density at radius 1 is 1.55 bits per heavy atom. The van der Waals surface area contributed by atoms with Gasteiger partial charge in [0.2, 0.25) is 0 Å². The van der Waals surface area contributed by atoms with Gasteiger partial charge in [0.05, 0.1) is 42.2 Å². The molecule has 0 aliphatic carbocycles. The van der Waals surface area contributed by atoms with Gasteiger partial charge in [-0.2, -0.15) is 0 Å². The van der Waals surface area contributed by atoms with Crippen molar-refractivity contribution in [2.24, 2.45) is 0 Å². The standard InChI is InChI=1S/C14H17ClN2O3/c1-3-10(18)8-17-12-6-9(14(19)20-2)4-5-11(12)16-13(17)7-15/h4-6,10,18H,3,7-8H2,1-2H3/t10-/m0/s1. The molecule has 0 spiro atoms. The van der Waals surface area contributed by atoms with Crippen LogP contribution in [0.4, 0.5) is 0 Å². The van der Waals surface area contributed by atoms with Crippen LogP contribution in [-0.4, -0.2) is 33.8 Å². The highest BCUT2D eigenvalue weighted by molar-refractivity contribution is 6.16. The number of fused-ring (bicyclic) bond motifs is 1. The summed E-state index contributed by atoms with van der Waals surface area (Å²) in [7, 11) is 1.34. The number of benzene rings is 1. The zero-order valence-electron chi connectivity index (χ0n) is 11.5. The van der Waals surface area contributed by atoms with Crippen molar-refractivity contribution in [1.82, 2.24) is 9.55 Å². The summed E-state index contributed by atoms with van der Waals surface area (Å²) in [6.45, 7) is 2.31. The van der Waals surface area contributed by atoms with Gasteiger partial charge in [-0.25, -0.2) is 9.78 Å². The number of rotatable bonds is 5. The minimum atomic E-state index is -0.476. The molecule has 0 saturated heterocycles. The molecular weight excluding hydrogens is 280 g/mol. The average Bonchev–Trinajstić information content (AvgIpc) is 2.83. The van der Waals surface area contributed by atoms with Crippen molar-refractivity contribution in [2.45, 2.75) is 31.9 Å². The first-order chi connectivity index (χ1) is 9.60. The van der Waals surface area contributed by atoms with Crippen LogP contribution in [0.25, 0.3) is 11.0 Å². The summed E-state index contributed by atoms with van der Waals surface area (Å²) in [5, 5.41) is 9.85. The predicted octanol–water partition coefficient (Wildman–Crippen LogP) is 2.33. The summed E-state index contributed by atoms with van der Waals surface area (Å²) in [6, 6.07) is 5.14. The van der Waals surface area contributed by atoms with Gasteiger partial charge in [-0.15, -0.1) is 11.6 Å². The smallest absolute Gasteiger partial charge is 0.337 e. The van der Waals surface area contributed by atoms with E-state index < -0.39 is 12.1 Å². The van der Waals surface area contributed by atoms with Crippen LogP contribution in [-0.2, 0) is 17.2 Å². The molecule has 0 unspecified atom stereocenters. The highest BCUT2D eigenvalue weighted by Gasteiger charge is 2.15. The number of nitrogens with zero attached hydrogens (tertiary/aromatic N) is 2. The number of aromatic nitrogens is 2. The zero-order chi connectivity index (χ0) is 14.7. The van der Waals surface area contributed by atoms with Crippen LogP contribution in [0.1, 0.15) is 29.5 Å². The van der Waals surface area contributed by atoms with Crippen LogP contribution in [0, 0.1) is 0 Å². The number of imidazole rings is 1. The van der Waals surface area contributed by atoms with Gasteiger partial charge in [-0.3, -0.25) is 0 Å². The fourth-order valence-electron chi connectivity index (χ4n) is 2.06. The molecule has 2 aromatic rings. The molecule has 5 nitrogen and oxygen atoms in total. The van der Waals surface area contributed by atoms with E-state index in [2.05, 4.69) is 4.98 Å². The number of halogens is 1. The van der Waals surface area contributed by atoms with Crippen LogP contribution >= 0.6 is 11.6 Å². The minimum absolute atomic E-state index is 0.249. The zero-order valence-corrected chi connectivity index (χ0v) is 12.2. The lowest BCUT2D eigenvalue weighted by molar-refractivity contribution is 0.0601. The van der Waals surface area contributed by atoms with Gasteiger partial charge in [0.15, 0.2) is 0 Å². The maximum atomic E-state index is 11.6. The molecule has 1 aromatic carbocycles. The number of aliphatic hydroxyl groups is 1. The quantitative estimate of drug-likeness (QED) is 0.679. The minimum Gasteiger partial charge on any atom is -0.465 e. The topological polar surface area (TPSA) is 64.3 Å². The normalized spacial score (nSPS) is 12.6. The molecule has 6 heteroatoms. The van der Waals surface area contributed by atoms with Crippen molar-refractivity contribution in [1.29, 1.82) is 0 Å². The van der Waals surface area contributed by atoms with Crippen LogP contribution in [0.5, 0.6) is 0 Å². The van der Waals surface area contributed by atoms with Gasteiger partial charge < -0.3 is 14.4 Å². The number of carbonyl (C=O) groups is 1. The third-order valence-electron chi connectivity index (χ3n) is 3.23. The van der Waals surface area contributed by atoms with Gasteiger partial charge in [-0.05, 0) is 24.6 Å². The Morgan fingerprint density at radius 2 is 2.30 bits per heavy atom. The van der Waals surface area contributed by atoms with E-state index in [9.17, 15) is 9.90 Å².